The number of unbranched alkanes of at least 4 members (excludes halogenated alkanes) is 1. The predicted octanol–water partition coefficient (Wildman–Crippen LogP) is -0.386. The Balaban J connectivity index is 5.36. The monoisotopic (exact) mass is 461 g/mol. The third-order valence-corrected chi connectivity index (χ3v) is 5.08. The Kier molecular flexibility index (Phi) is 14.1. The molecule has 0 bridgehead atoms. The average Bonchev–Trinajstić information content (AvgIpc) is 2.68. The Morgan fingerprint density at radius 1 is 0.903 bits per heavy atom. The van der Waals surface area contributed by atoms with E-state index in [1.807, 2.05) is 13.8 Å². The Morgan fingerprint density at radius 3 is 1.94 bits per heavy atom. The van der Waals surface area contributed by atoms with Gasteiger partial charge in [-0.05, 0) is 44.1 Å². The number of rotatable bonds is 15. The number of carbonyl (C=O) groups excluding carboxylic acids is 3. The number of hydrogen-bond donors (Lipinski definition) is 7. The van der Waals surface area contributed by atoms with Crippen molar-refractivity contribution in [2.24, 2.45) is 23.3 Å². The van der Waals surface area contributed by atoms with Crippen LogP contribution in [0.1, 0.15) is 53.4 Å². The van der Waals surface area contributed by atoms with E-state index >= 15 is 0 Å². The van der Waals surface area contributed by atoms with Gasteiger partial charge < -0.3 is 32.5 Å². The Morgan fingerprint density at radius 2 is 1.48 bits per heavy atom. The first-order valence-electron chi connectivity index (χ1n) is 10.6. The number of carboxylic acid groups (broad SMARTS) is 1. The first-order chi connectivity index (χ1) is 14.4. The van der Waals surface area contributed by atoms with Gasteiger partial charge in [0.05, 0.1) is 6.04 Å². The molecule has 4 unspecified atom stereocenters. The van der Waals surface area contributed by atoms with Crippen LogP contribution in [-0.4, -0.2) is 65.3 Å². The number of thiol groups is 1. The minimum absolute atomic E-state index is 0.0617. The largest absolute Gasteiger partial charge is 0.480 e. The fourth-order valence-corrected chi connectivity index (χ4v) is 3.03. The fraction of sp³-hybridized carbons (Fsp3) is 0.800. The van der Waals surface area contributed by atoms with Gasteiger partial charge in [-0.3, -0.25) is 14.4 Å². The lowest BCUT2D eigenvalue weighted by atomic mass is 9.99. The number of carboxylic acids is 1. The van der Waals surface area contributed by atoms with Crippen molar-refractivity contribution in [3.05, 3.63) is 0 Å². The first-order valence-corrected chi connectivity index (χ1v) is 11.3. The summed E-state index contributed by atoms with van der Waals surface area (Å²) in [5, 5.41) is 17.1. The summed E-state index contributed by atoms with van der Waals surface area (Å²) in [7, 11) is 0. The number of carbonyl (C=O) groups is 4. The highest BCUT2D eigenvalue weighted by Gasteiger charge is 2.31. The normalized spacial score (nSPS) is 15.1. The zero-order valence-electron chi connectivity index (χ0n) is 18.9. The lowest BCUT2D eigenvalue weighted by Crippen LogP contribution is -2.58. The minimum Gasteiger partial charge on any atom is -0.480 e. The Bertz CT molecular complexity index is 603. The van der Waals surface area contributed by atoms with E-state index in [0.717, 1.165) is 0 Å². The zero-order valence-corrected chi connectivity index (χ0v) is 19.8. The molecule has 11 heteroatoms. The Hall–Kier alpha value is -1.85. The van der Waals surface area contributed by atoms with Crippen molar-refractivity contribution >= 4 is 36.3 Å². The number of amides is 3. The van der Waals surface area contributed by atoms with Gasteiger partial charge in [0.1, 0.15) is 18.1 Å². The van der Waals surface area contributed by atoms with Crippen LogP contribution in [0, 0.1) is 11.8 Å². The van der Waals surface area contributed by atoms with Crippen LogP contribution in [0.4, 0.5) is 0 Å². The smallest absolute Gasteiger partial charge is 0.326 e. The van der Waals surface area contributed by atoms with E-state index < -0.39 is 47.9 Å². The quantitative estimate of drug-likeness (QED) is 0.128. The van der Waals surface area contributed by atoms with Gasteiger partial charge in [-0.25, -0.2) is 4.79 Å². The van der Waals surface area contributed by atoms with E-state index in [1.165, 1.54) is 0 Å². The molecule has 0 rings (SSSR count). The van der Waals surface area contributed by atoms with E-state index in [1.54, 1.807) is 13.8 Å². The maximum absolute atomic E-state index is 12.9. The highest BCUT2D eigenvalue weighted by atomic mass is 32.1. The molecule has 31 heavy (non-hydrogen) atoms. The van der Waals surface area contributed by atoms with Crippen molar-refractivity contribution in [2.75, 3.05) is 12.3 Å². The second kappa shape index (κ2) is 15.0. The molecule has 8 N–H and O–H groups in total. The topological polar surface area (TPSA) is 177 Å². The molecule has 0 aliphatic rings. The van der Waals surface area contributed by atoms with E-state index in [2.05, 4.69) is 28.6 Å². The third-order valence-electron chi connectivity index (χ3n) is 4.68. The molecular formula is C20H39N5O5S. The highest BCUT2D eigenvalue weighted by molar-refractivity contribution is 7.80. The maximum Gasteiger partial charge on any atom is 0.326 e. The van der Waals surface area contributed by atoms with Crippen LogP contribution in [-0.2, 0) is 19.2 Å². The van der Waals surface area contributed by atoms with E-state index in [0.29, 0.717) is 25.8 Å². The van der Waals surface area contributed by atoms with Gasteiger partial charge in [-0.2, -0.15) is 12.6 Å². The number of nitrogens with two attached hydrogens (primary N) is 2. The molecule has 0 aliphatic heterocycles. The van der Waals surface area contributed by atoms with Crippen LogP contribution >= 0.6 is 12.6 Å². The van der Waals surface area contributed by atoms with Crippen LogP contribution in [0.15, 0.2) is 0 Å². The molecule has 0 aromatic rings. The van der Waals surface area contributed by atoms with E-state index in [4.69, 9.17) is 11.5 Å². The van der Waals surface area contributed by atoms with Crippen molar-refractivity contribution in [2.45, 2.75) is 77.5 Å². The average molecular weight is 462 g/mol. The van der Waals surface area contributed by atoms with Gasteiger partial charge >= 0.3 is 5.97 Å². The summed E-state index contributed by atoms with van der Waals surface area (Å²) in [5.41, 5.74) is 11.2. The van der Waals surface area contributed by atoms with Crippen molar-refractivity contribution in [3.63, 3.8) is 0 Å². The molecule has 0 fully saturated rings. The third kappa shape index (κ3) is 11.4. The molecule has 0 saturated carbocycles. The SMILES string of the molecule is CC(C)CC(NC(=O)C(NC(=O)C(CCCCN)NC(=O)C(N)CS)C(C)C)C(=O)O. The number of hydrogen-bond acceptors (Lipinski definition) is 7. The zero-order chi connectivity index (χ0) is 24.1. The summed E-state index contributed by atoms with van der Waals surface area (Å²) in [4.78, 5) is 49.3. The summed E-state index contributed by atoms with van der Waals surface area (Å²) >= 11 is 3.99. The lowest BCUT2D eigenvalue weighted by molar-refractivity contribution is -0.143. The van der Waals surface area contributed by atoms with Gasteiger partial charge in [0, 0.05) is 5.75 Å². The van der Waals surface area contributed by atoms with Crippen molar-refractivity contribution in [1.82, 2.24) is 16.0 Å². The minimum atomic E-state index is -1.14. The van der Waals surface area contributed by atoms with Crippen LogP contribution in [0.2, 0.25) is 0 Å². The molecule has 4 atom stereocenters. The van der Waals surface area contributed by atoms with Gasteiger partial charge in [0.25, 0.3) is 0 Å². The first kappa shape index (κ1) is 29.1. The summed E-state index contributed by atoms with van der Waals surface area (Å²) < 4.78 is 0. The van der Waals surface area contributed by atoms with Gasteiger partial charge in [0.2, 0.25) is 17.7 Å². The second-order valence-corrected chi connectivity index (χ2v) is 8.76. The number of aliphatic carboxylic acids is 1. The van der Waals surface area contributed by atoms with Crippen LogP contribution < -0.4 is 27.4 Å². The van der Waals surface area contributed by atoms with Gasteiger partial charge in [0.15, 0.2) is 0 Å². The summed E-state index contributed by atoms with van der Waals surface area (Å²) in [5.74, 6) is -2.91. The molecule has 0 aliphatic carbocycles. The highest BCUT2D eigenvalue weighted by Crippen LogP contribution is 2.09. The maximum atomic E-state index is 12.9. The fourth-order valence-electron chi connectivity index (χ4n) is 2.87. The predicted molar refractivity (Wildman–Crippen MR) is 122 cm³/mol. The molecule has 180 valence electrons. The molecule has 0 heterocycles. The standard InChI is InChI=1S/C20H39N5O5S/c1-11(2)9-15(20(29)30)24-19(28)16(12(3)4)25-18(27)14(7-5-6-8-21)23-17(26)13(22)10-31/h11-16,31H,5-10,21-22H2,1-4H3,(H,23,26)(H,24,28)(H,25,27)(H,29,30). The summed E-state index contributed by atoms with van der Waals surface area (Å²) in [6, 6.07) is -3.79. The van der Waals surface area contributed by atoms with Crippen molar-refractivity contribution in [3.8, 4) is 0 Å². The molecule has 10 nitrogen and oxygen atoms in total. The van der Waals surface area contributed by atoms with Crippen molar-refractivity contribution in [1.29, 1.82) is 0 Å². The molecule has 0 spiro atoms. The van der Waals surface area contributed by atoms with Gasteiger partial charge in [-0.1, -0.05) is 27.7 Å². The van der Waals surface area contributed by atoms with E-state index in [9.17, 15) is 24.3 Å². The second-order valence-electron chi connectivity index (χ2n) is 8.39. The molecule has 3 amide bonds. The van der Waals surface area contributed by atoms with Crippen LogP contribution in [0.3, 0.4) is 0 Å². The van der Waals surface area contributed by atoms with Gasteiger partial charge in [-0.15, -0.1) is 0 Å². The van der Waals surface area contributed by atoms with Crippen molar-refractivity contribution < 1.29 is 24.3 Å². The Labute approximate surface area is 190 Å². The lowest BCUT2D eigenvalue weighted by Gasteiger charge is -2.27. The summed E-state index contributed by atoms with van der Waals surface area (Å²) in [6.07, 6.45) is 1.85. The molecule has 0 saturated heterocycles. The molecule has 0 aromatic heterocycles. The summed E-state index contributed by atoms with van der Waals surface area (Å²) in [6.45, 7) is 7.63. The molecule has 0 aromatic carbocycles. The van der Waals surface area contributed by atoms with E-state index in [-0.39, 0.29) is 24.0 Å². The number of nitrogens with one attached hydrogen (secondary N) is 3. The van der Waals surface area contributed by atoms with Crippen LogP contribution in [0.5, 0.6) is 0 Å². The molecular weight excluding hydrogens is 422 g/mol. The molecule has 0 radical (unpaired) electrons. The van der Waals surface area contributed by atoms with Crippen LogP contribution in [0.25, 0.3) is 0 Å².